The molecule has 25 heavy (non-hydrogen) atoms. The molecular formula is C20H38O5. The van der Waals surface area contributed by atoms with E-state index in [9.17, 15) is 20.1 Å². The highest BCUT2D eigenvalue weighted by Crippen LogP contribution is 2.38. The highest BCUT2D eigenvalue weighted by molar-refractivity contribution is 5.75. The van der Waals surface area contributed by atoms with Gasteiger partial charge in [0.1, 0.15) is 6.10 Å². The third-order valence-corrected chi connectivity index (χ3v) is 5.83. The second kappa shape index (κ2) is 11.9. The molecule has 4 N–H and O–H groups in total. The lowest BCUT2D eigenvalue weighted by atomic mass is 9.86. The Kier molecular flexibility index (Phi) is 10.6. The maximum atomic E-state index is 10.7. The first-order chi connectivity index (χ1) is 11.9. The minimum Gasteiger partial charge on any atom is -0.477 e. The normalized spacial score (nSPS) is 22.2. The van der Waals surface area contributed by atoms with Crippen LogP contribution in [0.5, 0.6) is 0 Å². The lowest BCUT2D eigenvalue weighted by Crippen LogP contribution is -2.49. The van der Waals surface area contributed by atoms with Gasteiger partial charge in [0.05, 0.1) is 0 Å². The molecule has 1 aliphatic carbocycles. The molecule has 0 saturated heterocycles. The SMILES string of the molecule is CCCCCCCC[C@H]1CCC[C@@H]1CCCCC(O)C(O)(O)C(=O)O. The molecule has 5 heteroatoms. The fraction of sp³-hybridized carbons (Fsp3) is 0.950. The number of aliphatic hydroxyl groups is 3. The molecular weight excluding hydrogens is 320 g/mol. The van der Waals surface area contributed by atoms with Crippen LogP contribution in [0.3, 0.4) is 0 Å². The summed E-state index contributed by atoms with van der Waals surface area (Å²) in [7, 11) is 0. The zero-order valence-corrected chi connectivity index (χ0v) is 15.8. The van der Waals surface area contributed by atoms with Crippen molar-refractivity contribution in [1.29, 1.82) is 0 Å². The zero-order chi connectivity index (χ0) is 18.7. The Morgan fingerprint density at radius 3 is 2.04 bits per heavy atom. The van der Waals surface area contributed by atoms with Gasteiger partial charge < -0.3 is 20.4 Å². The first kappa shape index (κ1) is 22.4. The van der Waals surface area contributed by atoms with Gasteiger partial charge in [-0.3, -0.25) is 0 Å². The molecule has 0 bridgehead atoms. The number of aliphatic carboxylic acids is 1. The van der Waals surface area contributed by atoms with Crippen LogP contribution >= 0.6 is 0 Å². The fourth-order valence-corrected chi connectivity index (χ4v) is 4.15. The van der Waals surface area contributed by atoms with E-state index in [-0.39, 0.29) is 6.42 Å². The molecule has 0 spiro atoms. The smallest absolute Gasteiger partial charge is 0.366 e. The van der Waals surface area contributed by atoms with E-state index < -0.39 is 17.9 Å². The Morgan fingerprint density at radius 2 is 1.48 bits per heavy atom. The number of unbranched alkanes of at least 4 members (excludes halogenated alkanes) is 6. The van der Waals surface area contributed by atoms with E-state index in [1.165, 1.54) is 64.2 Å². The number of hydrogen-bond acceptors (Lipinski definition) is 4. The second-order valence-electron chi connectivity index (χ2n) is 7.84. The molecule has 0 aliphatic heterocycles. The molecule has 0 amide bonds. The van der Waals surface area contributed by atoms with Crippen LogP contribution in [-0.4, -0.2) is 38.3 Å². The van der Waals surface area contributed by atoms with Gasteiger partial charge in [0.25, 0.3) is 5.79 Å². The highest BCUT2D eigenvalue weighted by Gasteiger charge is 2.41. The largest absolute Gasteiger partial charge is 0.477 e. The first-order valence-electron chi connectivity index (χ1n) is 10.3. The first-order valence-corrected chi connectivity index (χ1v) is 10.3. The highest BCUT2D eigenvalue weighted by atomic mass is 16.6. The average Bonchev–Trinajstić information content (AvgIpc) is 3.01. The molecule has 1 fully saturated rings. The van der Waals surface area contributed by atoms with E-state index in [1.807, 2.05) is 0 Å². The number of carboxylic acids is 1. The van der Waals surface area contributed by atoms with Crippen LogP contribution in [0, 0.1) is 11.8 Å². The molecule has 5 nitrogen and oxygen atoms in total. The number of carboxylic acid groups (broad SMARTS) is 1. The number of aliphatic hydroxyl groups excluding tert-OH is 1. The van der Waals surface area contributed by atoms with Gasteiger partial charge in [0.2, 0.25) is 0 Å². The van der Waals surface area contributed by atoms with Gasteiger partial charge in [-0.05, 0) is 18.3 Å². The third-order valence-electron chi connectivity index (χ3n) is 5.83. The molecule has 1 saturated carbocycles. The van der Waals surface area contributed by atoms with Crippen LogP contribution in [0.2, 0.25) is 0 Å². The monoisotopic (exact) mass is 358 g/mol. The Bertz CT molecular complexity index is 369. The molecule has 0 radical (unpaired) electrons. The van der Waals surface area contributed by atoms with Gasteiger partial charge >= 0.3 is 5.97 Å². The van der Waals surface area contributed by atoms with Gasteiger partial charge in [-0.2, -0.15) is 0 Å². The van der Waals surface area contributed by atoms with E-state index in [4.69, 9.17) is 5.11 Å². The zero-order valence-electron chi connectivity index (χ0n) is 15.8. The molecule has 0 aromatic heterocycles. The van der Waals surface area contributed by atoms with Crippen molar-refractivity contribution in [2.45, 2.75) is 109 Å². The molecule has 1 unspecified atom stereocenters. The predicted octanol–water partition coefficient (Wildman–Crippen LogP) is 3.84. The summed E-state index contributed by atoms with van der Waals surface area (Å²) >= 11 is 0. The van der Waals surface area contributed by atoms with Crippen molar-refractivity contribution in [3.63, 3.8) is 0 Å². The predicted molar refractivity (Wildman–Crippen MR) is 98.1 cm³/mol. The molecule has 0 aromatic rings. The van der Waals surface area contributed by atoms with Gasteiger partial charge in [-0.1, -0.05) is 90.4 Å². The molecule has 1 rings (SSSR count). The molecule has 0 aromatic carbocycles. The Balaban J connectivity index is 2.15. The number of carbonyl (C=O) groups is 1. The summed E-state index contributed by atoms with van der Waals surface area (Å²) in [4.78, 5) is 10.7. The standard InChI is InChI=1S/C20H38O5/c1-2-3-4-5-6-7-11-16-13-10-14-17(16)12-8-9-15-18(21)20(24,25)19(22)23/h16-18,21,24-25H,2-15H2,1H3,(H,22,23)/t16-,17-,18?/m0/s1. The third kappa shape index (κ3) is 8.06. The Labute approximate surface area is 152 Å². The molecule has 1 aliphatic rings. The second-order valence-corrected chi connectivity index (χ2v) is 7.84. The van der Waals surface area contributed by atoms with Crippen LogP contribution in [-0.2, 0) is 4.79 Å². The lowest BCUT2D eigenvalue weighted by Gasteiger charge is -2.23. The summed E-state index contributed by atoms with van der Waals surface area (Å²) in [5.74, 6) is -3.26. The topological polar surface area (TPSA) is 98.0 Å². The fourth-order valence-electron chi connectivity index (χ4n) is 4.15. The van der Waals surface area contributed by atoms with Crippen LogP contribution < -0.4 is 0 Å². The number of rotatable bonds is 14. The van der Waals surface area contributed by atoms with Crippen LogP contribution in [0.1, 0.15) is 96.8 Å². The lowest BCUT2D eigenvalue weighted by molar-refractivity contribution is -0.237. The van der Waals surface area contributed by atoms with Gasteiger partial charge in [0, 0.05) is 0 Å². The van der Waals surface area contributed by atoms with Crippen LogP contribution in [0.25, 0.3) is 0 Å². The summed E-state index contributed by atoms with van der Waals surface area (Å²) in [6.07, 6.45) is 14.4. The van der Waals surface area contributed by atoms with Crippen molar-refractivity contribution in [3.8, 4) is 0 Å². The summed E-state index contributed by atoms with van der Waals surface area (Å²) in [5, 5.41) is 36.9. The van der Waals surface area contributed by atoms with Crippen molar-refractivity contribution in [2.75, 3.05) is 0 Å². The van der Waals surface area contributed by atoms with E-state index in [2.05, 4.69) is 6.92 Å². The van der Waals surface area contributed by atoms with E-state index >= 15 is 0 Å². The summed E-state index contributed by atoms with van der Waals surface area (Å²) in [6, 6.07) is 0. The van der Waals surface area contributed by atoms with Crippen molar-refractivity contribution in [1.82, 2.24) is 0 Å². The maximum absolute atomic E-state index is 10.7. The summed E-state index contributed by atoms with van der Waals surface area (Å²) < 4.78 is 0. The van der Waals surface area contributed by atoms with Crippen LogP contribution in [0.4, 0.5) is 0 Å². The van der Waals surface area contributed by atoms with Crippen molar-refractivity contribution in [2.24, 2.45) is 11.8 Å². The van der Waals surface area contributed by atoms with Crippen molar-refractivity contribution in [3.05, 3.63) is 0 Å². The summed E-state index contributed by atoms with van der Waals surface area (Å²) in [5.41, 5.74) is 0. The van der Waals surface area contributed by atoms with Crippen LogP contribution in [0.15, 0.2) is 0 Å². The Morgan fingerprint density at radius 1 is 0.960 bits per heavy atom. The van der Waals surface area contributed by atoms with E-state index in [1.54, 1.807) is 0 Å². The molecule has 148 valence electrons. The van der Waals surface area contributed by atoms with Gasteiger partial charge in [0.15, 0.2) is 0 Å². The minimum absolute atomic E-state index is 0.105. The average molecular weight is 359 g/mol. The van der Waals surface area contributed by atoms with Gasteiger partial charge in [-0.15, -0.1) is 0 Å². The minimum atomic E-state index is -3.03. The van der Waals surface area contributed by atoms with Crippen molar-refractivity contribution >= 4 is 5.97 Å². The number of hydrogen-bond donors (Lipinski definition) is 4. The Hall–Kier alpha value is -0.650. The molecule has 0 heterocycles. The maximum Gasteiger partial charge on any atom is 0.366 e. The quantitative estimate of drug-likeness (QED) is 0.279. The van der Waals surface area contributed by atoms with E-state index in [0.717, 1.165) is 24.7 Å². The van der Waals surface area contributed by atoms with Crippen molar-refractivity contribution < 1.29 is 25.2 Å². The van der Waals surface area contributed by atoms with E-state index in [0.29, 0.717) is 6.42 Å². The summed E-state index contributed by atoms with van der Waals surface area (Å²) in [6.45, 7) is 2.24. The van der Waals surface area contributed by atoms with Gasteiger partial charge in [-0.25, -0.2) is 4.79 Å². The molecule has 3 atom stereocenters.